The van der Waals surface area contributed by atoms with Gasteiger partial charge in [-0.25, -0.2) is 4.79 Å². The largest absolute Gasteiger partial charge is 0.489 e. The molecule has 0 aromatic heterocycles. The van der Waals surface area contributed by atoms with Crippen LogP contribution in [0.4, 0.5) is 0 Å². The molecule has 0 saturated heterocycles. The molecule has 0 bridgehead atoms. The lowest BCUT2D eigenvalue weighted by molar-refractivity contribution is -0.131. The number of allylic oxidation sites excluding steroid dienone is 1. The average molecular weight is 262 g/mol. The molecule has 100 valence electrons. The van der Waals surface area contributed by atoms with Crippen LogP contribution in [0.1, 0.15) is 12.5 Å². The number of benzene rings is 1. The third-order valence-electron chi connectivity index (χ3n) is 2.48. The van der Waals surface area contributed by atoms with Crippen molar-refractivity contribution in [3.63, 3.8) is 0 Å². The second-order valence-corrected chi connectivity index (χ2v) is 3.79. The maximum absolute atomic E-state index is 10.6. The van der Waals surface area contributed by atoms with Crippen molar-refractivity contribution in [2.24, 2.45) is 0 Å². The van der Waals surface area contributed by atoms with Crippen LogP contribution in [0.2, 0.25) is 0 Å². The third-order valence-corrected chi connectivity index (χ3v) is 2.48. The van der Waals surface area contributed by atoms with E-state index in [0.717, 1.165) is 6.08 Å². The smallest absolute Gasteiger partial charge is 0.328 e. The van der Waals surface area contributed by atoms with Crippen molar-refractivity contribution in [1.29, 1.82) is 0 Å². The Morgan fingerprint density at radius 3 is 2.84 bits per heavy atom. The molecule has 0 aliphatic carbocycles. The van der Waals surface area contributed by atoms with Gasteiger partial charge < -0.3 is 19.3 Å². The molecule has 1 aliphatic heterocycles. The number of carbonyl (C=O) groups is 1. The molecule has 1 aliphatic rings. The first-order valence-electron chi connectivity index (χ1n) is 5.79. The summed E-state index contributed by atoms with van der Waals surface area (Å²) >= 11 is 0. The minimum Gasteiger partial charge on any atom is -0.489 e. The van der Waals surface area contributed by atoms with E-state index in [2.05, 4.69) is 0 Å². The van der Waals surface area contributed by atoms with Crippen LogP contribution in [0.25, 0.3) is 6.08 Å². The molecule has 0 fully saturated rings. The van der Waals surface area contributed by atoms with E-state index in [1.54, 1.807) is 12.1 Å². The lowest BCUT2D eigenvalue weighted by atomic mass is 10.1. The number of carboxylic acid groups (broad SMARTS) is 1. The van der Waals surface area contributed by atoms with E-state index in [-0.39, 0.29) is 6.79 Å². The van der Waals surface area contributed by atoms with E-state index in [0.29, 0.717) is 29.4 Å². The van der Waals surface area contributed by atoms with Gasteiger partial charge in [0, 0.05) is 17.7 Å². The minimum atomic E-state index is -1.02. The predicted molar refractivity (Wildman–Crippen MR) is 69.5 cm³/mol. The quantitative estimate of drug-likeness (QED) is 0.652. The van der Waals surface area contributed by atoms with Gasteiger partial charge in [0.05, 0.1) is 0 Å². The Morgan fingerprint density at radius 2 is 2.16 bits per heavy atom. The van der Waals surface area contributed by atoms with Crippen LogP contribution in [0, 0.1) is 0 Å². The molecule has 0 atom stereocenters. The van der Waals surface area contributed by atoms with Gasteiger partial charge in [-0.3, -0.25) is 0 Å². The molecule has 1 aromatic rings. The number of carboxylic acids is 1. The molecule has 1 heterocycles. The average Bonchev–Trinajstić information content (AvgIpc) is 2.83. The summed E-state index contributed by atoms with van der Waals surface area (Å²) in [5, 5.41) is 8.68. The number of ether oxygens (including phenoxy) is 3. The summed E-state index contributed by atoms with van der Waals surface area (Å²) in [6.45, 7) is 2.47. The van der Waals surface area contributed by atoms with Gasteiger partial charge in [-0.2, -0.15) is 0 Å². The van der Waals surface area contributed by atoms with Crippen LogP contribution in [-0.2, 0) is 4.79 Å². The maximum atomic E-state index is 10.6. The van der Waals surface area contributed by atoms with E-state index in [4.69, 9.17) is 19.3 Å². The lowest BCUT2D eigenvalue weighted by Gasteiger charge is -2.08. The molecular formula is C14H14O5. The molecule has 0 spiro atoms. The Hall–Kier alpha value is -2.43. The fourth-order valence-corrected chi connectivity index (χ4v) is 1.59. The van der Waals surface area contributed by atoms with Gasteiger partial charge in [-0.15, -0.1) is 0 Å². The summed E-state index contributed by atoms with van der Waals surface area (Å²) in [4.78, 5) is 10.6. The Bertz CT molecular complexity index is 531. The van der Waals surface area contributed by atoms with Gasteiger partial charge in [0.2, 0.25) is 6.79 Å². The van der Waals surface area contributed by atoms with Crippen LogP contribution in [0.3, 0.4) is 0 Å². The van der Waals surface area contributed by atoms with Crippen molar-refractivity contribution in [2.75, 3.05) is 13.4 Å². The summed E-state index contributed by atoms with van der Waals surface area (Å²) in [5.74, 6) is 0.725. The van der Waals surface area contributed by atoms with Crippen molar-refractivity contribution in [2.45, 2.75) is 6.92 Å². The van der Waals surface area contributed by atoms with Gasteiger partial charge in [0.25, 0.3) is 0 Å². The van der Waals surface area contributed by atoms with Gasteiger partial charge in [-0.1, -0.05) is 12.2 Å². The Labute approximate surface area is 110 Å². The minimum absolute atomic E-state index is 0.162. The summed E-state index contributed by atoms with van der Waals surface area (Å²) < 4.78 is 16.1. The number of aliphatic carboxylic acids is 1. The summed E-state index contributed by atoms with van der Waals surface area (Å²) in [7, 11) is 0. The van der Waals surface area contributed by atoms with E-state index < -0.39 is 5.97 Å². The standard InChI is InChI=1S/C14H14O5/c1-2-3-6-17-11-8-13-12(18-9-19-13)7-10(11)4-5-14(15)16/h2-5,7-8H,6,9H2,1H3,(H,15,16)/b3-2+,5-4+. The number of fused-ring (bicyclic) bond motifs is 1. The van der Waals surface area contributed by atoms with Crippen LogP contribution < -0.4 is 14.2 Å². The highest BCUT2D eigenvalue weighted by molar-refractivity contribution is 5.86. The molecule has 0 unspecified atom stereocenters. The first-order valence-corrected chi connectivity index (χ1v) is 5.79. The van der Waals surface area contributed by atoms with E-state index in [1.165, 1.54) is 6.08 Å². The monoisotopic (exact) mass is 262 g/mol. The number of rotatable bonds is 5. The van der Waals surface area contributed by atoms with Gasteiger partial charge in [0.15, 0.2) is 11.5 Å². The van der Waals surface area contributed by atoms with Crippen LogP contribution in [0.15, 0.2) is 30.4 Å². The molecule has 5 heteroatoms. The summed E-state index contributed by atoms with van der Waals surface area (Å²) in [6.07, 6.45) is 6.25. The number of hydrogen-bond acceptors (Lipinski definition) is 4. The molecule has 2 rings (SSSR count). The molecule has 0 radical (unpaired) electrons. The molecule has 5 nitrogen and oxygen atoms in total. The van der Waals surface area contributed by atoms with Crippen molar-refractivity contribution in [3.05, 3.63) is 35.9 Å². The van der Waals surface area contributed by atoms with Crippen LogP contribution >= 0.6 is 0 Å². The van der Waals surface area contributed by atoms with E-state index >= 15 is 0 Å². The first kappa shape index (κ1) is 13.0. The molecular weight excluding hydrogens is 248 g/mol. The lowest BCUT2D eigenvalue weighted by Crippen LogP contribution is -1.96. The van der Waals surface area contributed by atoms with E-state index in [1.807, 2.05) is 19.1 Å². The molecule has 0 amide bonds. The molecule has 1 aromatic carbocycles. The zero-order valence-electron chi connectivity index (χ0n) is 10.5. The summed E-state index contributed by atoms with van der Waals surface area (Å²) in [6, 6.07) is 3.40. The highest BCUT2D eigenvalue weighted by atomic mass is 16.7. The van der Waals surface area contributed by atoms with E-state index in [9.17, 15) is 4.79 Å². The second-order valence-electron chi connectivity index (χ2n) is 3.79. The summed E-state index contributed by atoms with van der Waals surface area (Å²) in [5.41, 5.74) is 0.635. The highest BCUT2D eigenvalue weighted by Gasteiger charge is 2.17. The van der Waals surface area contributed by atoms with Crippen molar-refractivity contribution in [3.8, 4) is 17.2 Å². The van der Waals surface area contributed by atoms with Gasteiger partial charge >= 0.3 is 5.97 Å². The van der Waals surface area contributed by atoms with Crippen LogP contribution in [0.5, 0.6) is 17.2 Å². The highest BCUT2D eigenvalue weighted by Crippen LogP contribution is 2.38. The molecule has 1 N–H and O–H groups in total. The fraction of sp³-hybridized carbons (Fsp3) is 0.214. The SMILES string of the molecule is C/C=C/COc1cc2c(cc1/C=C/C(=O)O)OCO2. The van der Waals surface area contributed by atoms with Gasteiger partial charge in [-0.05, 0) is 19.1 Å². The Morgan fingerprint density at radius 1 is 1.42 bits per heavy atom. The fourth-order valence-electron chi connectivity index (χ4n) is 1.59. The first-order chi connectivity index (χ1) is 9.20. The third kappa shape index (κ3) is 3.28. The predicted octanol–water partition coefficient (Wildman–Crippen LogP) is 2.47. The van der Waals surface area contributed by atoms with Crippen molar-refractivity contribution >= 4 is 12.0 Å². The van der Waals surface area contributed by atoms with Crippen molar-refractivity contribution in [1.82, 2.24) is 0 Å². The number of hydrogen-bond donors (Lipinski definition) is 1. The zero-order chi connectivity index (χ0) is 13.7. The Balaban J connectivity index is 2.29. The van der Waals surface area contributed by atoms with Gasteiger partial charge in [0.1, 0.15) is 12.4 Å². The van der Waals surface area contributed by atoms with Crippen molar-refractivity contribution < 1.29 is 24.1 Å². The van der Waals surface area contributed by atoms with Crippen LogP contribution in [-0.4, -0.2) is 24.5 Å². The topological polar surface area (TPSA) is 65.0 Å². The molecule has 0 saturated carbocycles. The Kier molecular flexibility index (Phi) is 4.07. The zero-order valence-corrected chi connectivity index (χ0v) is 10.5. The molecule has 19 heavy (non-hydrogen) atoms. The second kappa shape index (κ2) is 5.95. The normalized spacial score (nSPS) is 13.3. The maximum Gasteiger partial charge on any atom is 0.328 e.